The zero-order valence-corrected chi connectivity index (χ0v) is 10.4. The maximum atomic E-state index is 13.6. The van der Waals surface area contributed by atoms with Crippen LogP contribution >= 0.6 is 12.4 Å². The van der Waals surface area contributed by atoms with Gasteiger partial charge in [-0.2, -0.15) is 0 Å². The van der Waals surface area contributed by atoms with Crippen LogP contribution in [-0.4, -0.2) is 5.11 Å². The molecule has 0 saturated heterocycles. The Morgan fingerprint density at radius 3 is 2.28 bits per heavy atom. The highest BCUT2D eigenvalue weighted by Crippen LogP contribution is 2.39. The molecule has 1 aromatic rings. The van der Waals surface area contributed by atoms with Crippen LogP contribution in [0.5, 0.6) is 5.75 Å². The quantitative estimate of drug-likeness (QED) is 0.816. The number of phenolic OH excluding ortho intramolecular Hbond substituents is 1. The Balaban J connectivity index is 0.00000162. The van der Waals surface area contributed by atoms with Crippen LogP contribution in [0.4, 0.5) is 13.2 Å². The van der Waals surface area contributed by atoms with Gasteiger partial charge in [0.1, 0.15) is 5.75 Å². The topological polar surface area (TPSA) is 46.2 Å². The van der Waals surface area contributed by atoms with Crippen LogP contribution in [0.25, 0.3) is 0 Å². The predicted octanol–water partition coefficient (Wildman–Crippen LogP) is 3.42. The van der Waals surface area contributed by atoms with E-state index >= 15 is 0 Å². The summed E-state index contributed by atoms with van der Waals surface area (Å²) in [5, 5.41) is 9.50. The molecule has 0 heterocycles. The maximum absolute atomic E-state index is 13.6. The molecule has 2 rings (SSSR count). The molecular formula is C12H15ClF3NO. The van der Waals surface area contributed by atoms with Gasteiger partial charge in [-0.1, -0.05) is 12.8 Å². The maximum Gasteiger partial charge on any atom is 0.195 e. The third-order valence-corrected chi connectivity index (χ3v) is 3.42. The minimum absolute atomic E-state index is 0. The van der Waals surface area contributed by atoms with Crippen molar-refractivity contribution in [3.8, 4) is 5.75 Å². The number of hydrogen-bond acceptors (Lipinski definition) is 2. The van der Waals surface area contributed by atoms with E-state index in [4.69, 9.17) is 5.73 Å². The van der Waals surface area contributed by atoms with Gasteiger partial charge in [0, 0.05) is 17.7 Å². The van der Waals surface area contributed by atoms with Crippen LogP contribution in [-0.2, 0) is 0 Å². The highest BCUT2D eigenvalue weighted by atomic mass is 35.5. The van der Waals surface area contributed by atoms with E-state index in [1.165, 1.54) is 0 Å². The molecule has 0 radical (unpaired) electrons. The Morgan fingerprint density at radius 1 is 1.17 bits per heavy atom. The molecule has 6 heteroatoms. The molecule has 0 aliphatic heterocycles. The summed E-state index contributed by atoms with van der Waals surface area (Å²) in [4.78, 5) is 0. The van der Waals surface area contributed by atoms with Crippen molar-refractivity contribution in [2.45, 2.75) is 31.7 Å². The van der Waals surface area contributed by atoms with Gasteiger partial charge in [-0.25, -0.2) is 13.2 Å². The van der Waals surface area contributed by atoms with E-state index in [0.717, 1.165) is 25.7 Å². The molecule has 1 aliphatic rings. The smallest absolute Gasteiger partial charge is 0.195 e. The van der Waals surface area contributed by atoms with Gasteiger partial charge in [-0.05, 0) is 18.8 Å². The van der Waals surface area contributed by atoms with Gasteiger partial charge < -0.3 is 10.8 Å². The van der Waals surface area contributed by atoms with Crippen LogP contribution in [0.15, 0.2) is 6.07 Å². The standard InChI is InChI=1S/C12H14F3NO.ClH/c13-7-5-8(17)9(11(15)10(7)14)12(16)6-3-1-2-4-6;/h5-6,12,17H,1-4,16H2;1H/t12-;/m1./s1. The zero-order valence-electron chi connectivity index (χ0n) is 9.63. The predicted molar refractivity (Wildman–Crippen MR) is 64.1 cm³/mol. The van der Waals surface area contributed by atoms with Crippen molar-refractivity contribution in [3.63, 3.8) is 0 Å². The third-order valence-electron chi connectivity index (χ3n) is 3.42. The minimum atomic E-state index is -1.58. The first-order valence-corrected chi connectivity index (χ1v) is 5.64. The Kier molecular flexibility index (Phi) is 4.87. The number of benzene rings is 1. The van der Waals surface area contributed by atoms with E-state index in [1.54, 1.807) is 0 Å². The molecule has 1 fully saturated rings. The van der Waals surface area contributed by atoms with Crippen molar-refractivity contribution >= 4 is 12.4 Å². The van der Waals surface area contributed by atoms with E-state index in [1.807, 2.05) is 0 Å². The van der Waals surface area contributed by atoms with Crippen LogP contribution in [0.2, 0.25) is 0 Å². The lowest BCUT2D eigenvalue weighted by molar-refractivity contribution is 0.369. The molecule has 2 nitrogen and oxygen atoms in total. The van der Waals surface area contributed by atoms with Crippen LogP contribution < -0.4 is 5.73 Å². The van der Waals surface area contributed by atoms with Gasteiger partial charge in [0.25, 0.3) is 0 Å². The summed E-state index contributed by atoms with van der Waals surface area (Å²) in [5.74, 6) is -4.95. The van der Waals surface area contributed by atoms with Crippen molar-refractivity contribution in [2.24, 2.45) is 11.7 Å². The van der Waals surface area contributed by atoms with Crippen LogP contribution in [0, 0.1) is 23.4 Å². The molecular weight excluding hydrogens is 267 g/mol. The highest BCUT2D eigenvalue weighted by molar-refractivity contribution is 5.85. The van der Waals surface area contributed by atoms with Gasteiger partial charge in [-0.3, -0.25) is 0 Å². The zero-order chi connectivity index (χ0) is 12.6. The second-order valence-corrected chi connectivity index (χ2v) is 4.49. The lowest BCUT2D eigenvalue weighted by Gasteiger charge is -2.21. The lowest BCUT2D eigenvalue weighted by Crippen LogP contribution is -2.21. The van der Waals surface area contributed by atoms with Crippen molar-refractivity contribution in [3.05, 3.63) is 29.1 Å². The minimum Gasteiger partial charge on any atom is -0.507 e. The van der Waals surface area contributed by atoms with E-state index < -0.39 is 29.2 Å². The first kappa shape index (κ1) is 15.1. The summed E-state index contributed by atoms with van der Waals surface area (Å²) in [6.45, 7) is 0. The fourth-order valence-electron chi connectivity index (χ4n) is 2.47. The number of aromatic hydroxyl groups is 1. The number of hydrogen-bond donors (Lipinski definition) is 2. The average Bonchev–Trinajstić information content (AvgIpc) is 2.79. The van der Waals surface area contributed by atoms with E-state index in [9.17, 15) is 18.3 Å². The van der Waals surface area contributed by atoms with Gasteiger partial charge in [0.2, 0.25) is 0 Å². The molecule has 102 valence electrons. The monoisotopic (exact) mass is 281 g/mol. The van der Waals surface area contributed by atoms with Crippen molar-refractivity contribution < 1.29 is 18.3 Å². The first-order valence-electron chi connectivity index (χ1n) is 5.64. The second kappa shape index (κ2) is 5.80. The highest BCUT2D eigenvalue weighted by Gasteiger charge is 2.30. The fraction of sp³-hybridized carbons (Fsp3) is 0.500. The first-order chi connectivity index (χ1) is 8.02. The Labute approximate surface area is 109 Å². The summed E-state index contributed by atoms with van der Waals surface area (Å²) in [6, 6.07) is -0.213. The fourth-order valence-corrected chi connectivity index (χ4v) is 2.47. The lowest BCUT2D eigenvalue weighted by atomic mass is 9.91. The largest absolute Gasteiger partial charge is 0.507 e. The van der Waals surface area contributed by atoms with E-state index in [2.05, 4.69) is 0 Å². The third kappa shape index (κ3) is 2.57. The van der Waals surface area contributed by atoms with Gasteiger partial charge >= 0.3 is 0 Å². The van der Waals surface area contributed by atoms with E-state index in [-0.39, 0.29) is 23.9 Å². The SMILES string of the molecule is Cl.N[C@@H](c1c(O)cc(F)c(F)c1F)C1CCCC1. The van der Waals surface area contributed by atoms with Crippen LogP contribution in [0.1, 0.15) is 37.3 Å². The van der Waals surface area contributed by atoms with Gasteiger partial charge in [0.05, 0.1) is 0 Å². The van der Waals surface area contributed by atoms with Crippen molar-refractivity contribution in [1.29, 1.82) is 0 Å². The number of phenols is 1. The number of nitrogens with two attached hydrogens (primary N) is 1. The van der Waals surface area contributed by atoms with Crippen molar-refractivity contribution in [2.75, 3.05) is 0 Å². The molecule has 1 aromatic carbocycles. The Bertz CT molecular complexity index is 436. The molecule has 0 spiro atoms. The summed E-state index contributed by atoms with van der Waals surface area (Å²) in [7, 11) is 0. The van der Waals surface area contributed by atoms with E-state index in [0.29, 0.717) is 6.07 Å². The molecule has 3 N–H and O–H groups in total. The summed E-state index contributed by atoms with van der Waals surface area (Å²) >= 11 is 0. The molecule has 0 amide bonds. The average molecular weight is 282 g/mol. The molecule has 18 heavy (non-hydrogen) atoms. The summed E-state index contributed by atoms with van der Waals surface area (Å²) in [6.07, 6.45) is 3.62. The Hall–Kier alpha value is -0.940. The molecule has 1 aliphatic carbocycles. The van der Waals surface area contributed by atoms with Crippen molar-refractivity contribution in [1.82, 2.24) is 0 Å². The van der Waals surface area contributed by atoms with Gasteiger partial charge in [-0.15, -0.1) is 12.4 Å². The normalized spacial score (nSPS) is 17.6. The van der Waals surface area contributed by atoms with Crippen LogP contribution in [0.3, 0.4) is 0 Å². The molecule has 0 unspecified atom stereocenters. The molecule has 1 atom stereocenters. The number of rotatable bonds is 2. The second-order valence-electron chi connectivity index (χ2n) is 4.49. The van der Waals surface area contributed by atoms with Gasteiger partial charge in [0.15, 0.2) is 17.5 Å². The number of halogens is 4. The molecule has 0 aromatic heterocycles. The molecule has 1 saturated carbocycles. The summed E-state index contributed by atoms with van der Waals surface area (Å²) < 4.78 is 39.5. The Morgan fingerprint density at radius 2 is 1.72 bits per heavy atom. The summed E-state index contributed by atoms with van der Waals surface area (Å²) in [5.41, 5.74) is 5.52. The molecule has 0 bridgehead atoms.